The molecule has 108 valence electrons. The fraction of sp³-hybridized carbons (Fsp3) is 0.0667. The van der Waals surface area contributed by atoms with Crippen molar-refractivity contribution in [3.63, 3.8) is 0 Å². The van der Waals surface area contributed by atoms with E-state index in [1.807, 2.05) is 13.0 Å². The van der Waals surface area contributed by atoms with Crippen LogP contribution >= 0.6 is 35.4 Å². The maximum absolute atomic E-state index is 12.3. The molecule has 0 fully saturated rings. The predicted molar refractivity (Wildman–Crippen MR) is 91.5 cm³/mol. The fourth-order valence-corrected chi connectivity index (χ4v) is 2.29. The first-order chi connectivity index (χ1) is 9.90. The highest BCUT2D eigenvalue weighted by Gasteiger charge is 2.14. The SMILES string of the molecule is Cc1ccc(C(N)=S)cc1NC(=O)c1cccc(Cl)c1Cl. The van der Waals surface area contributed by atoms with Gasteiger partial charge in [-0.1, -0.05) is 53.6 Å². The van der Waals surface area contributed by atoms with Gasteiger partial charge >= 0.3 is 0 Å². The Morgan fingerprint density at radius 2 is 1.95 bits per heavy atom. The number of hydrogen-bond acceptors (Lipinski definition) is 2. The van der Waals surface area contributed by atoms with Crippen molar-refractivity contribution in [3.8, 4) is 0 Å². The van der Waals surface area contributed by atoms with Gasteiger partial charge in [-0.25, -0.2) is 0 Å². The average molecular weight is 339 g/mol. The van der Waals surface area contributed by atoms with E-state index >= 15 is 0 Å². The van der Waals surface area contributed by atoms with Crippen LogP contribution in [0.15, 0.2) is 36.4 Å². The predicted octanol–water partition coefficient (Wildman–Crippen LogP) is 4.19. The van der Waals surface area contributed by atoms with Crippen LogP contribution < -0.4 is 11.1 Å². The second kappa shape index (κ2) is 6.43. The number of rotatable bonds is 3. The standard InChI is InChI=1S/C15H12Cl2N2OS/c1-8-5-6-9(14(18)21)7-12(8)19-15(20)10-3-2-4-11(16)13(10)17/h2-7H,1H3,(H2,18,21)(H,19,20). The van der Waals surface area contributed by atoms with Crippen LogP contribution in [0.2, 0.25) is 10.0 Å². The summed E-state index contributed by atoms with van der Waals surface area (Å²) in [5.41, 5.74) is 8.11. The van der Waals surface area contributed by atoms with E-state index in [0.29, 0.717) is 21.8 Å². The van der Waals surface area contributed by atoms with Crippen LogP contribution in [-0.2, 0) is 0 Å². The maximum atomic E-state index is 12.3. The Bertz CT molecular complexity index is 732. The van der Waals surface area contributed by atoms with Gasteiger partial charge in [0.2, 0.25) is 0 Å². The number of aryl methyl sites for hydroxylation is 1. The zero-order valence-electron chi connectivity index (χ0n) is 11.1. The third-order valence-electron chi connectivity index (χ3n) is 2.97. The fourth-order valence-electron chi connectivity index (χ4n) is 1.78. The van der Waals surface area contributed by atoms with Crippen LogP contribution in [-0.4, -0.2) is 10.9 Å². The molecule has 0 aliphatic heterocycles. The molecule has 0 aromatic heterocycles. The Kier molecular flexibility index (Phi) is 4.83. The summed E-state index contributed by atoms with van der Waals surface area (Å²) in [4.78, 5) is 12.6. The normalized spacial score (nSPS) is 10.2. The summed E-state index contributed by atoms with van der Waals surface area (Å²) in [6, 6.07) is 10.3. The molecule has 3 N–H and O–H groups in total. The summed E-state index contributed by atoms with van der Waals surface area (Å²) in [6.45, 7) is 1.87. The molecule has 0 saturated heterocycles. The largest absolute Gasteiger partial charge is 0.389 e. The maximum Gasteiger partial charge on any atom is 0.257 e. The number of carbonyl (C=O) groups is 1. The van der Waals surface area contributed by atoms with E-state index in [9.17, 15) is 4.79 Å². The molecule has 0 unspecified atom stereocenters. The van der Waals surface area contributed by atoms with Crippen LogP contribution in [0, 0.1) is 6.92 Å². The monoisotopic (exact) mass is 338 g/mol. The minimum Gasteiger partial charge on any atom is -0.389 e. The minimum absolute atomic E-state index is 0.222. The van der Waals surface area contributed by atoms with Gasteiger partial charge in [-0.3, -0.25) is 4.79 Å². The molecule has 0 aliphatic carbocycles. The summed E-state index contributed by atoms with van der Waals surface area (Å²) < 4.78 is 0. The Hall–Kier alpha value is -1.62. The van der Waals surface area contributed by atoms with Crippen LogP contribution in [0.5, 0.6) is 0 Å². The van der Waals surface area contributed by atoms with Crippen molar-refractivity contribution < 1.29 is 4.79 Å². The van der Waals surface area contributed by atoms with Gasteiger partial charge in [0.15, 0.2) is 0 Å². The lowest BCUT2D eigenvalue weighted by Crippen LogP contribution is -2.15. The van der Waals surface area contributed by atoms with Crippen molar-refractivity contribution in [3.05, 3.63) is 63.1 Å². The molecule has 0 spiro atoms. The van der Waals surface area contributed by atoms with Crippen molar-refractivity contribution in [1.82, 2.24) is 0 Å². The number of halogens is 2. The molecule has 1 amide bonds. The second-order valence-electron chi connectivity index (χ2n) is 4.45. The molecule has 0 saturated carbocycles. The summed E-state index contributed by atoms with van der Waals surface area (Å²) in [6.07, 6.45) is 0. The first kappa shape index (κ1) is 15.8. The lowest BCUT2D eigenvalue weighted by Gasteiger charge is -2.11. The highest BCUT2D eigenvalue weighted by atomic mass is 35.5. The molecule has 3 nitrogen and oxygen atoms in total. The van der Waals surface area contributed by atoms with Gasteiger partial charge in [-0.05, 0) is 30.7 Å². The highest BCUT2D eigenvalue weighted by Crippen LogP contribution is 2.27. The first-order valence-electron chi connectivity index (χ1n) is 6.06. The van der Waals surface area contributed by atoms with Gasteiger partial charge in [0.05, 0.1) is 15.6 Å². The number of nitrogens with one attached hydrogen (secondary N) is 1. The van der Waals surface area contributed by atoms with Crippen LogP contribution in [0.3, 0.4) is 0 Å². The Labute approximate surface area is 138 Å². The number of thiocarbonyl (C=S) groups is 1. The molecule has 0 atom stereocenters. The Morgan fingerprint density at radius 3 is 2.62 bits per heavy atom. The molecule has 0 heterocycles. The van der Waals surface area contributed by atoms with E-state index in [-0.39, 0.29) is 15.9 Å². The molecule has 2 aromatic carbocycles. The van der Waals surface area contributed by atoms with E-state index in [2.05, 4.69) is 5.32 Å². The summed E-state index contributed by atoms with van der Waals surface area (Å²) in [7, 11) is 0. The zero-order chi connectivity index (χ0) is 15.6. The van der Waals surface area contributed by atoms with E-state index < -0.39 is 0 Å². The molecule has 6 heteroatoms. The number of benzene rings is 2. The molecular weight excluding hydrogens is 327 g/mol. The lowest BCUT2D eigenvalue weighted by molar-refractivity contribution is 0.102. The third kappa shape index (κ3) is 3.53. The van der Waals surface area contributed by atoms with E-state index in [0.717, 1.165) is 5.56 Å². The van der Waals surface area contributed by atoms with Gasteiger partial charge in [-0.2, -0.15) is 0 Å². The molecule has 0 aliphatic rings. The number of hydrogen-bond donors (Lipinski definition) is 2. The van der Waals surface area contributed by atoms with Crippen LogP contribution in [0.1, 0.15) is 21.5 Å². The molecule has 2 rings (SSSR count). The Morgan fingerprint density at radius 1 is 1.24 bits per heavy atom. The Balaban J connectivity index is 2.33. The van der Waals surface area contributed by atoms with Crippen molar-refractivity contribution in [2.24, 2.45) is 5.73 Å². The third-order valence-corrected chi connectivity index (χ3v) is 4.02. The van der Waals surface area contributed by atoms with E-state index in [1.54, 1.807) is 30.3 Å². The van der Waals surface area contributed by atoms with Gasteiger partial charge in [-0.15, -0.1) is 0 Å². The molecule has 0 radical (unpaired) electrons. The summed E-state index contributed by atoms with van der Waals surface area (Å²) in [5.74, 6) is -0.342. The van der Waals surface area contributed by atoms with Gasteiger partial charge in [0, 0.05) is 11.3 Å². The summed E-state index contributed by atoms with van der Waals surface area (Å²) in [5, 5.41) is 3.35. The van der Waals surface area contributed by atoms with Gasteiger partial charge in [0.25, 0.3) is 5.91 Å². The highest BCUT2D eigenvalue weighted by molar-refractivity contribution is 7.80. The molecule has 21 heavy (non-hydrogen) atoms. The molecule has 2 aromatic rings. The van der Waals surface area contributed by atoms with Crippen molar-refractivity contribution >= 4 is 52.0 Å². The quantitative estimate of drug-likeness (QED) is 0.825. The second-order valence-corrected chi connectivity index (χ2v) is 5.67. The van der Waals surface area contributed by atoms with Crippen molar-refractivity contribution in [2.45, 2.75) is 6.92 Å². The smallest absolute Gasteiger partial charge is 0.257 e. The molecular formula is C15H12Cl2N2OS. The topological polar surface area (TPSA) is 55.1 Å². The molecule has 0 bridgehead atoms. The zero-order valence-corrected chi connectivity index (χ0v) is 13.4. The lowest BCUT2D eigenvalue weighted by atomic mass is 10.1. The average Bonchev–Trinajstić information content (AvgIpc) is 2.43. The van der Waals surface area contributed by atoms with Gasteiger partial charge in [0.1, 0.15) is 4.99 Å². The number of anilines is 1. The first-order valence-corrected chi connectivity index (χ1v) is 7.22. The van der Waals surface area contributed by atoms with Crippen LogP contribution in [0.25, 0.3) is 0 Å². The van der Waals surface area contributed by atoms with Gasteiger partial charge < -0.3 is 11.1 Å². The van der Waals surface area contributed by atoms with E-state index in [4.69, 9.17) is 41.2 Å². The van der Waals surface area contributed by atoms with Crippen molar-refractivity contribution in [2.75, 3.05) is 5.32 Å². The number of carbonyl (C=O) groups excluding carboxylic acids is 1. The minimum atomic E-state index is -0.342. The van der Waals surface area contributed by atoms with Crippen LogP contribution in [0.4, 0.5) is 5.69 Å². The summed E-state index contributed by atoms with van der Waals surface area (Å²) >= 11 is 16.9. The van der Waals surface area contributed by atoms with Crippen molar-refractivity contribution in [1.29, 1.82) is 0 Å². The number of nitrogens with two attached hydrogens (primary N) is 1. The van der Waals surface area contributed by atoms with E-state index in [1.165, 1.54) is 0 Å². The number of amides is 1.